The zero-order chi connectivity index (χ0) is 19.3. The van der Waals surface area contributed by atoms with Gasteiger partial charge < -0.3 is 10.2 Å². The minimum absolute atomic E-state index is 0.0303. The SMILES string of the molecule is CC(c1ccccc1F)N(C(=O)CN1C(=O)NC(C)(C2CC2)C1=O)C1CC1. The maximum atomic E-state index is 14.2. The third-order valence-electron chi connectivity index (χ3n) is 5.99. The Morgan fingerprint density at radius 1 is 1.30 bits per heavy atom. The molecule has 2 aliphatic carbocycles. The molecule has 1 aromatic carbocycles. The summed E-state index contributed by atoms with van der Waals surface area (Å²) in [4.78, 5) is 40.8. The number of imide groups is 1. The van der Waals surface area contributed by atoms with E-state index in [0.29, 0.717) is 5.56 Å². The van der Waals surface area contributed by atoms with E-state index in [0.717, 1.165) is 30.6 Å². The predicted molar refractivity (Wildman–Crippen MR) is 96.1 cm³/mol. The number of amides is 4. The van der Waals surface area contributed by atoms with Gasteiger partial charge in [-0.05, 0) is 51.5 Å². The molecule has 0 aromatic heterocycles. The number of nitrogens with zero attached hydrogens (tertiary/aromatic N) is 2. The fraction of sp³-hybridized carbons (Fsp3) is 0.550. The summed E-state index contributed by atoms with van der Waals surface area (Å²) in [6.45, 7) is 3.22. The molecule has 7 heteroatoms. The number of hydrogen-bond donors (Lipinski definition) is 1. The van der Waals surface area contributed by atoms with Crippen LogP contribution in [0.25, 0.3) is 0 Å². The van der Waals surface area contributed by atoms with Crippen molar-refractivity contribution in [3.05, 3.63) is 35.6 Å². The van der Waals surface area contributed by atoms with Crippen LogP contribution in [0.1, 0.15) is 51.1 Å². The van der Waals surface area contributed by atoms with Crippen LogP contribution in [-0.2, 0) is 9.59 Å². The molecule has 2 unspecified atom stereocenters. The molecule has 4 rings (SSSR count). The van der Waals surface area contributed by atoms with Crippen LogP contribution >= 0.6 is 0 Å². The van der Waals surface area contributed by atoms with Crippen LogP contribution in [0.3, 0.4) is 0 Å². The van der Waals surface area contributed by atoms with E-state index in [4.69, 9.17) is 0 Å². The molecule has 6 nitrogen and oxygen atoms in total. The van der Waals surface area contributed by atoms with Gasteiger partial charge in [0.1, 0.15) is 17.9 Å². The Kier molecular flexibility index (Phi) is 4.20. The van der Waals surface area contributed by atoms with Gasteiger partial charge in [-0.2, -0.15) is 0 Å². The summed E-state index contributed by atoms with van der Waals surface area (Å²) in [5.74, 6) is -0.875. The number of hydrogen-bond acceptors (Lipinski definition) is 3. The molecule has 1 aliphatic heterocycles. The molecule has 3 aliphatic rings. The third-order valence-corrected chi connectivity index (χ3v) is 5.99. The fourth-order valence-electron chi connectivity index (χ4n) is 4.07. The molecule has 144 valence electrons. The number of urea groups is 1. The van der Waals surface area contributed by atoms with Gasteiger partial charge in [-0.3, -0.25) is 14.5 Å². The number of halogens is 1. The second-order valence-corrected chi connectivity index (χ2v) is 8.03. The second-order valence-electron chi connectivity index (χ2n) is 8.03. The first-order valence-electron chi connectivity index (χ1n) is 9.52. The lowest BCUT2D eigenvalue weighted by molar-refractivity contribution is -0.140. The Labute approximate surface area is 157 Å². The van der Waals surface area contributed by atoms with Gasteiger partial charge in [0.25, 0.3) is 5.91 Å². The lowest BCUT2D eigenvalue weighted by atomic mass is 9.96. The largest absolute Gasteiger partial charge is 0.331 e. The molecule has 2 saturated carbocycles. The van der Waals surface area contributed by atoms with Gasteiger partial charge in [-0.1, -0.05) is 18.2 Å². The van der Waals surface area contributed by atoms with Crippen LogP contribution in [0, 0.1) is 11.7 Å². The molecule has 1 heterocycles. The van der Waals surface area contributed by atoms with Crippen molar-refractivity contribution in [2.24, 2.45) is 5.92 Å². The standard InChI is InChI=1S/C20H24FN3O3/c1-12(15-5-3-4-6-16(15)21)24(14-9-10-14)17(25)11-23-18(26)20(2,13-7-8-13)22-19(23)27/h3-6,12-14H,7-11H2,1-2H3,(H,22,27). The average Bonchev–Trinajstić information content (AvgIpc) is 3.52. The van der Waals surface area contributed by atoms with Gasteiger partial charge in [-0.25, -0.2) is 9.18 Å². The minimum atomic E-state index is -0.904. The number of benzene rings is 1. The fourth-order valence-corrected chi connectivity index (χ4v) is 4.07. The van der Waals surface area contributed by atoms with E-state index in [9.17, 15) is 18.8 Å². The number of carbonyl (C=O) groups is 3. The summed E-state index contributed by atoms with van der Waals surface area (Å²) < 4.78 is 14.2. The summed E-state index contributed by atoms with van der Waals surface area (Å²) in [5.41, 5.74) is -0.461. The Bertz CT molecular complexity index is 805. The summed E-state index contributed by atoms with van der Waals surface area (Å²) in [7, 11) is 0. The van der Waals surface area contributed by atoms with Gasteiger partial charge in [0, 0.05) is 11.6 Å². The summed E-state index contributed by atoms with van der Waals surface area (Å²) in [6, 6.07) is 5.45. The Hall–Kier alpha value is -2.44. The number of rotatable bonds is 6. The molecule has 0 bridgehead atoms. The monoisotopic (exact) mass is 373 g/mol. The molecular formula is C20H24FN3O3. The minimum Gasteiger partial charge on any atom is -0.331 e. The van der Waals surface area contributed by atoms with Gasteiger partial charge in [0.05, 0.1) is 6.04 Å². The number of carbonyl (C=O) groups excluding carboxylic acids is 3. The Morgan fingerprint density at radius 2 is 1.96 bits per heavy atom. The smallest absolute Gasteiger partial charge is 0.325 e. The van der Waals surface area contributed by atoms with Crippen molar-refractivity contribution in [1.29, 1.82) is 0 Å². The first-order chi connectivity index (χ1) is 12.8. The first kappa shape index (κ1) is 17.9. The normalized spacial score (nSPS) is 26.1. The molecule has 2 atom stereocenters. The molecule has 1 aromatic rings. The third kappa shape index (κ3) is 3.09. The zero-order valence-electron chi connectivity index (χ0n) is 15.6. The first-order valence-corrected chi connectivity index (χ1v) is 9.52. The van der Waals surface area contributed by atoms with Crippen molar-refractivity contribution >= 4 is 17.8 Å². The molecule has 0 spiro atoms. The van der Waals surface area contributed by atoms with Crippen LogP contribution in [0.2, 0.25) is 0 Å². The van der Waals surface area contributed by atoms with Crippen molar-refractivity contribution in [3.8, 4) is 0 Å². The highest BCUT2D eigenvalue weighted by Crippen LogP contribution is 2.43. The highest BCUT2D eigenvalue weighted by molar-refractivity contribution is 6.09. The van der Waals surface area contributed by atoms with Crippen molar-refractivity contribution in [2.45, 2.75) is 57.2 Å². The Balaban J connectivity index is 1.53. The predicted octanol–water partition coefficient (Wildman–Crippen LogP) is 2.60. The molecular weight excluding hydrogens is 349 g/mol. The topological polar surface area (TPSA) is 69.7 Å². The molecule has 0 radical (unpaired) electrons. The van der Waals surface area contributed by atoms with Crippen LogP contribution in [0.4, 0.5) is 9.18 Å². The van der Waals surface area contributed by atoms with Crippen molar-refractivity contribution < 1.29 is 18.8 Å². The Morgan fingerprint density at radius 3 is 2.56 bits per heavy atom. The van der Waals surface area contributed by atoms with Crippen LogP contribution < -0.4 is 5.32 Å². The lowest BCUT2D eigenvalue weighted by Gasteiger charge is -2.31. The maximum Gasteiger partial charge on any atom is 0.325 e. The lowest BCUT2D eigenvalue weighted by Crippen LogP contribution is -2.48. The second kappa shape index (κ2) is 6.32. The molecule has 3 fully saturated rings. The molecule has 4 amide bonds. The molecule has 27 heavy (non-hydrogen) atoms. The number of nitrogens with one attached hydrogen (secondary N) is 1. The van der Waals surface area contributed by atoms with Gasteiger partial charge in [-0.15, -0.1) is 0 Å². The van der Waals surface area contributed by atoms with Gasteiger partial charge >= 0.3 is 6.03 Å². The van der Waals surface area contributed by atoms with E-state index < -0.39 is 17.6 Å². The van der Waals surface area contributed by atoms with E-state index in [1.54, 1.807) is 36.9 Å². The maximum absolute atomic E-state index is 14.2. The van der Waals surface area contributed by atoms with E-state index in [1.807, 2.05) is 0 Å². The van der Waals surface area contributed by atoms with Gasteiger partial charge in [0.2, 0.25) is 5.91 Å². The van der Waals surface area contributed by atoms with E-state index in [1.165, 1.54) is 6.07 Å². The molecule has 1 N–H and O–H groups in total. The molecule has 1 saturated heterocycles. The highest BCUT2D eigenvalue weighted by Gasteiger charge is 2.56. The van der Waals surface area contributed by atoms with Crippen LogP contribution in [0.15, 0.2) is 24.3 Å². The van der Waals surface area contributed by atoms with Crippen LogP contribution in [-0.4, -0.2) is 45.8 Å². The van der Waals surface area contributed by atoms with Gasteiger partial charge in [0.15, 0.2) is 0 Å². The summed E-state index contributed by atoms with van der Waals surface area (Å²) in [5, 5.41) is 2.76. The summed E-state index contributed by atoms with van der Waals surface area (Å²) >= 11 is 0. The van der Waals surface area contributed by atoms with E-state index in [2.05, 4.69) is 5.32 Å². The van der Waals surface area contributed by atoms with Crippen LogP contribution in [0.5, 0.6) is 0 Å². The quantitative estimate of drug-likeness (QED) is 0.780. The summed E-state index contributed by atoms with van der Waals surface area (Å²) in [6.07, 6.45) is 3.51. The van der Waals surface area contributed by atoms with E-state index >= 15 is 0 Å². The van der Waals surface area contributed by atoms with Crippen molar-refractivity contribution in [1.82, 2.24) is 15.1 Å². The van der Waals surface area contributed by atoms with Crippen molar-refractivity contribution in [3.63, 3.8) is 0 Å². The zero-order valence-corrected chi connectivity index (χ0v) is 15.6. The average molecular weight is 373 g/mol. The van der Waals surface area contributed by atoms with Crippen molar-refractivity contribution in [2.75, 3.05) is 6.54 Å². The van der Waals surface area contributed by atoms with E-state index in [-0.39, 0.29) is 36.1 Å². The highest BCUT2D eigenvalue weighted by atomic mass is 19.1.